The third-order valence-electron chi connectivity index (χ3n) is 3.69. The van der Waals surface area contributed by atoms with Crippen molar-refractivity contribution in [3.63, 3.8) is 0 Å². The van der Waals surface area contributed by atoms with Crippen molar-refractivity contribution in [2.45, 2.75) is 37.5 Å². The number of benzene rings is 1. The molecule has 1 aromatic carbocycles. The van der Waals surface area contributed by atoms with Crippen LogP contribution in [0.25, 0.3) is 0 Å². The molecule has 0 bridgehead atoms. The molecule has 0 spiro atoms. The maximum Gasteiger partial charge on any atom is 0.340 e. The topological polar surface area (TPSA) is 107 Å². The zero-order valence-electron chi connectivity index (χ0n) is 15.6. The minimum absolute atomic E-state index is 0.267. The third-order valence-corrected chi connectivity index (χ3v) is 4.78. The number of hydrogen-bond acceptors (Lipinski definition) is 8. The minimum Gasteiger partial charge on any atom is -0.449 e. The average molecular weight is 401 g/mol. The molecule has 2 aromatic heterocycles. The summed E-state index contributed by atoms with van der Waals surface area (Å²) in [6.45, 7) is 5.05. The first-order valence-electron chi connectivity index (χ1n) is 8.51. The van der Waals surface area contributed by atoms with Crippen molar-refractivity contribution in [3.8, 4) is 0 Å². The van der Waals surface area contributed by atoms with Crippen LogP contribution in [0.4, 0.5) is 5.82 Å². The van der Waals surface area contributed by atoms with Gasteiger partial charge in [0.05, 0.1) is 17.0 Å². The molecule has 9 heteroatoms. The van der Waals surface area contributed by atoms with E-state index in [0.717, 1.165) is 10.6 Å². The fraction of sp³-hybridized carbons (Fsp3) is 0.263. The van der Waals surface area contributed by atoms with E-state index in [1.54, 1.807) is 25.1 Å². The number of carbonyl (C=O) groups excluding carboxylic acids is 2. The molecule has 0 aliphatic carbocycles. The van der Waals surface area contributed by atoms with Crippen molar-refractivity contribution in [2.75, 3.05) is 5.32 Å². The van der Waals surface area contributed by atoms with Gasteiger partial charge in [0.25, 0.3) is 5.91 Å². The van der Waals surface area contributed by atoms with Gasteiger partial charge in [-0.3, -0.25) is 4.79 Å². The van der Waals surface area contributed by atoms with Gasteiger partial charge in [-0.2, -0.15) is 0 Å². The highest BCUT2D eigenvalue weighted by atomic mass is 32.2. The van der Waals surface area contributed by atoms with E-state index in [1.165, 1.54) is 18.7 Å². The molecule has 28 heavy (non-hydrogen) atoms. The van der Waals surface area contributed by atoms with Crippen LogP contribution in [0, 0.1) is 13.8 Å². The van der Waals surface area contributed by atoms with E-state index in [0.29, 0.717) is 22.8 Å². The normalized spacial score (nSPS) is 11.8. The van der Waals surface area contributed by atoms with Crippen molar-refractivity contribution < 1.29 is 23.4 Å². The maximum absolute atomic E-state index is 12.6. The Morgan fingerprint density at radius 2 is 1.96 bits per heavy atom. The molecule has 0 saturated heterocycles. The minimum atomic E-state index is -1.00. The van der Waals surface area contributed by atoms with Gasteiger partial charge in [-0.25, -0.2) is 4.79 Å². The summed E-state index contributed by atoms with van der Waals surface area (Å²) in [6, 6.07) is 10.4. The molecule has 1 atom stereocenters. The van der Waals surface area contributed by atoms with Crippen LogP contribution >= 0.6 is 11.8 Å². The van der Waals surface area contributed by atoms with Gasteiger partial charge in [-0.15, -0.1) is 11.8 Å². The summed E-state index contributed by atoms with van der Waals surface area (Å²) in [5.74, 6) is 0.977. The Hall–Kier alpha value is -3.07. The number of anilines is 1. The van der Waals surface area contributed by atoms with E-state index in [2.05, 4.69) is 15.6 Å². The van der Waals surface area contributed by atoms with Gasteiger partial charge < -0.3 is 19.1 Å². The second kappa shape index (κ2) is 8.75. The molecule has 1 amide bonds. The number of hydrogen-bond donors (Lipinski definition) is 1. The highest BCUT2D eigenvalue weighted by Gasteiger charge is 2.22. The van der Waals surface area contributed by atoms with Gasteiger partial charge in [0.15, 0.2) is 11.9 Å². The maximum atomic E-state index is 12.6. The SMILES string of the molecule is Cc1cc(CSc2ccccc2C(=O)OC(C)C(=O)Nc2cc(C)on2)on1. The predicted octanol–water partition coefficient (Wildman–Crippen LogP) is 3.76. The van der Waals surface area contributed by atoms with Crippen molar-refractivity contribution in [2.24, 2.45) is 0 Å². The van der Waals surface area contributed by atoms with Crippen LogP contribution in [0.3, 0.4) is 0 Å². The predicted molar refractivity (Wildman–Crippen MR) is 102 cm³/mol. The van der Waals surface area contributed by atoms with Crippen molar-refractivity contribution in [1.82, 2.24) is 10.3 Å². The molecule has 146 valence electrons. The number of thioether (sulfide) groups is 1. The van der Waals surface area contributed by atoms with E-state index >= 15 is 0 Å². The van der Waals surface area contributed by atoms with Crippen molar-refractivity contribution >= 4 is 29.5 Å². The number of nitrogens with one attached hydrogen (secondary N) is 1. The first kappa shape index (κ1) is 19.7. The number of esters is 1. The quantitative estimate of drug-likeness (QED) is 0.471. The number of rotatable bonds is 7. The van der Waals surface area contributed by atoms with E-state index in [-0.39, 0.29) is 5.82 Å². The summed E-state index contributed by atoms with van der Waals surface area (Å²) in [4.78, 5) is 25.5. The Morgan fingerprint density at radius 1 is 1.18 bits per heavy atom. The van der Waals surface area contributed by atoms with Crippen LogP contribution in [0.5, 0.6) is 0 Å². The summed E-state index contributed by atoms with van der Waals surface area (Å²) in [5, 5.41) is 10.1. The van der Waals surface area contributed by atoms with Gasteiger partial charge in [0, 0.05) is 17.0 Å². The van der Waals surface area contributed by atoms with Crippen molar-refractivity contribution in [3.05, 3.63) is 59.2 Å². The van der Waals surface area contributed by atoms with Crippen LogP contribution in [0.15, 0.2) is 50.3 Å². The molecule has 0 aliphatic rings. The number of amides is 1. The number of carbonyl (C=O) groups is 2. The first-order chi connectivity index (χ1) is 13.4. The van der Waals surface area contributed by atoms with Gasteiger partial charge >= 0.3 is 5.97 Å². The van der Waals surface area contributed by atoms with Crippen LogP contribution in [0.2, 0.25) is 0 Å². The largest absolute Gasteiger partial charge is 0.449 e. The lowest BCUT2D eigenvalue weighted by molar-refractivity contribution is -0.123. The van der Waals surface area contributed by atoms with E-state index in [4.69, 9.17) is 13.8 Å². The lowest BCUT2D eigenvalue weighted by atomic mass is 10.2. The monoisotopic (exact) mass is 401 g/mol. The average Bonchev–Trinajstić information content (AvgIpc) is 3.27. The number of aromatic nitrogens is 2. The number of nitrogens with zero attached hydrogens (tertiary/aromatic N) is 2. The standard InChI is InChI=1S/C19H19N3O5S/c1-11-8-14(27-21-11)10-28-16-7-5-4-6-15(16)19(24)25-13(3)18(23)20-17-9-12(2)26-22-17/h4-9,13H,10H2,1-3H3,(H,20,22,23). The van der Waals surface area contributed by atoms with E-state index in [9.17, 15) is 9.59 Å². The Kier molecular flexibility index (Phi) is 6.15. The van der Waals surface area contributed by atoms with E-state index in [1.807, 2.05) is 25.1 Å². The molecule has 1 N–H and O–H groups in total. The smallest absolute Gasteiger partial charge is 0.340 e. The second-order valence-corrected chi connectivity index (χ2v) is 7.10. The molecule has 8 nitrogen and oxygen atoms in total. The Labute approximate surface area is 165 Å². The van der Waals surface area contributed by atoms with Crippen molar-refractivity contribution in [1.29, 1.82) is 0 Å². The number of ether oxygens (including phenoxy) is 1. The van der Waals surface area contributed by atoms with Crippen LogP contribution in [0.1, 0.15) is 34.5 Å². The van der Waals surface area contributed by atoms with Gasteiger partial charge in [0.1, 0.15) is 11.5 Å². The molecular weight excluding hydrogens is 382 g/mol. The molecular formula is C19H19N3O5S. The van der Waals surface area contributed by atoms with E-state index < -0.39 is 18.0 Å². The summed E-state index contributed by atoms with van der Waals surface area (Å²) >= 11 is 1.43. The first-order valence-corrected chi connectivity index (χ1v) is 9.50. The second-order valence-electron chi connectivity index (χ2n) is 6.08. The van der Waals surface area contributed by atoms with Crippen LogP contribution < -0.4 is 5.32 Å². The lowest BCUT2D eigenvalue weighted by Gasteiger charge is -2.14. The molecule has 0 saturated carbocycles. The fourth-order valence-electron chi connectivity index (χ4n) is 2.33. The highest BCUT2D eigenvalue weighted by molar-refractivity contribution is 7.98. The number of aryl methyl sites for hydroxylation is 2. The summed E-state index contributed by atoms with van der Waals surface area (Å²) in [7, 11) is 0. The molecule has 0 fully saturated rings. The Balaban J connectivity index is 1.62. The Morgan fingerprint density at radius 3 is 2.64 bits per heavy atom. The molecule has 2 heterocycles. The molecule has 3 aromatic rings. The summed E-state index contributed by atoms with van der Waals surface area (Å²) in [5.41, 5.74) is 1.17. The summed E-state index contributed by atoms with van der Waals surface area (Å²) in [6.07, 6.45) is -1.00. The zero-order chi connectivity index (χ0) is 20.1. The molecule has 0 radical (unpaired) electrons. The molecule has 1 unspecified atom stereocenters. The Bertz CT molecular complexity index is 981. The van der Waals surface area contributed by atoms with Gasteiger partial charge in [-0.05, 0) is 32.9 Å². The fourth-order valence-corrected chi connectivity index (χ4v) is 3.24. The lowest BCUT2D eigenvalue weighted by Crippen LogP contribution is -2.30. The van der Waals surface area contributed by atoms with Crippen LogP contribution in [-0.2, 0) is 15.3 Å². The van der Waals surface area contributed by atoms with Gasteiger partial charge in [0.2, 0.25) is 0 Å². The third kappa shape index (κ3) is 5.01. The van der Waals surface area contributed by atoms with Gasteiger partial charge in [-0.1, -0.05) is 22.4 Å². The highest BCUT2D eigenvalue weighted by Crippen LogP contribution is 2.27. The molecule has 0 aliphatic heterocycles. The zero-order valence-corrected chi connectivity index (χ0v) is 16.4. The molecule has 3 rings (SSSR count). The van der Waals surface area contributed by atoms with Crippen LogP contribution in [-0.4, -0.2) is 28.3 Å². The summed E-state index contributed by atoms with van der Waals surface area (Å²) < 4.78 is 15.4.